The van der Waals surface area contributed by atoms with Crippen molar-refractivity contribution in [2.24, 2.45) is 0 Å². The smallest absolute Gasteiger partial charge is 0.252 e. The van der Waals surface area contributed by atoms with Gasteiger partial charge in [0.15, 0.2) is 11.8 Å². The van der Waals surface area contributed by atoms with Crippen molar-refractivity contribution in [1.29, 1.82) is 0 Å². The third-order valence-electron chi connectivity index (χ3n) is 4.98. The van der Waals surface area contributed by atoms with E-state index in [1.807, 2.05) is 12.1 Å². The van der Waals surface area contributed by atoms with Crippen molar-refractivity contribution >= 4 is 29.4 Å². The van der Waals surface area contributed by atoms with Crippen LogP contribution in [0.3, 0.4) is 0 Å². The molecule has 1 fully saturated rings. The molecule has 0 aliphatic carbocycles. The first kappa shape index (κ1) is 23.0. The SMILES string of the molecule is CNC(=O)[C@@H](NC(=O)c1ccc(Sc2ccc(CN3CCOCC3)cc2)cc1)C(C)=O. The third kappa shape index (κ3) is 6.65. The first-order chi connectivity index (χ1) is 15.0. The van der Waals surface area contributed by atoms with E-state index in [0.717, 1.165) is 42.6 Å². The second-order valence-corrected chi connectivity index (χ2v) is 8.44. The molecule has 7 nitrogen and oxygen atoms in total. The second kappa shape index (κ2) is 11.1. The minimum Gasteiger partial charge on any atom is -0.379 e. The van der Waals surface area contributed by atoms with Crippen LogP contribution in [-0.2, 0) is 20.9 Å². The molecule has 0 bridgehead atoms. The molecule has 2 N–H and O–H groups in total. The summed E-state index contributed by atoms with van der Waals surface area (Å²) in [6.45, 7) is 5.72. The van der Waals surface area contributed by atoms with Crippen molar-refractivity contribution in [2.45, 2.75) is 29.3 Å². The molecule has 2 aromatic rings. The van der Waals surface area contributed by atoms with Crippen LogP contribution in [0.25, 0.3) is 0 Å². The largest absolute Gasteiger partial charge is 0.379 e. The van der Waals surface area contributed by atoms with Crippen LogP contribution in [0, 0.1) is 0 Å². The lowest BCUT2D eigenvalue weighted by Crippen LogP contribution is -2.49. The molecule has 8 heteroatoms. The zero-order valence-corrected chi connectivity index (χ0v) is 18.5. The van der Waals surface area contributed by atoms with Crippen molar-refractivity contribution in [1.82, 2.24) is 15.5 Å². The number of nitrogens with zero attached hydrogens (tertiary/aromatic N) is 1. The number of amides is 2. The highest BCUT2D eigenvalue weighted by Crippen LogP contribution is 2.28. The molecule has 3 rings (SSSR count). The number of ketones is 1. The Balaban J connectivity index is 1.56. The van der Waals surface area contributed by atoms with Gasteiger partial charge in [-0.3, -0.25) is 19.3 Å². The number of hydrogen-bond donors (Lipinski definition) is 2. The number of morpholine rings is 1. The van der Waals surface area contributed by atoms with Gasteiger partial charge in [0.1, 0.15) is 0 Å². The number of benzene rings is 2. The van der Waals surface area contributed by atoms with E-state index in [0.29, 0.717) is 5.56 Å². The van der Waals surface area contributed by atoms with E-state index in [1.165, 1.54) is 19.5 Å². The summed E-state index contributed by atoms with van der Waals surface area (Å²) in [6, 6.07) is 14.4. The molecule has 0 radical (unpaired) electrons. The summed E-state index contributed by atoms with van der Waals surface area (Å²) in [5, 5.41) is 4.85. The number of likely N-dealkylation sites (N-methyl/N-ethyl adjacent to an activating group) is 1. The Kier molecular flexibility index (Phi) is 8.22. The zero-order chi connectivity index (χ0) is 22.2. The van der Waals surface area contributed by atoms with E-state index in [-0.39, 0.29) is 0 Å². The molecule has 2 aromatic carbocycles. The van der Waals surface area contributed by atoms with Crippen molar-refractivity contribution < 1.29 is 19.1 Å². The molecule has 0 unspecified atom stereocenters. The van der Waals surface area contributed by atoms with Gasteiger partial charge in [-0.05, 0) is 48.9 Å². The van der Waals surface area contributed by atoms with Gasteiger partial charge >= 0.3 is 0 Å². The maximum absolute atomic E-state index is 12.4. The van der Waals surface area contributed by atoms with Gasteiger partial charge < -0.3 is 15.4 Å². The average molecular weight is 442 g/mol. The number of rotatable bonds is 8. The molecule has 2 amide bonds. The van der Waals surface area contributed by atoms with Crippen LogP contribution in [0.15, 0.2) is 58.3 Å². The summed E-state index contributed by atoms with van der Waals surface area (Å²) in [4.78, 5) is 40.2. The van der Waals surface area contributed by atoms with Crippen LogP contribution in [0.5, 0.6) is 0 Å². The molecule has 1 atom stereocenters. The first-order valence-corrected chi connectivity index (χ1v) is 11.0. The Morgan fingerprint density at radius 3 is 2.13 bits per heavy atom. The highest BCUT2D eigenvalue weighted by Gasteiger charge is 2.24. The zero-order valence-electron chi connectivity index (χ0n) is 17.7. The molecule has 0 spiro atoms. The summed E-state index contributed by atoms with van der Waals surface area (Å²) >= 11 is 1.61. The lowest BCUT2D eigenvalue weighted by atomic mass is 10.1. The predicted molar refractivity (Wildman–Crippen MR) is 119 cm³/mol. The number of hydrogen-bond acceptors (Lipinski definition) is 6. The van der Waals surface area contributed by atoms with Gasteiger partial charge in [0.05, 0.1) is 13.2 Å². The lowest BCUT2D eigenvalue weighted by molar-refractivity contribution is -0.129. The van der Waals surface area contributed by atoms with E-state index >= 15 is 0 Å². The minimum absolute atomic E-state index is 0.389. The fourth-order valence-electron chi connectivity index (χ4n) is 3.20. The number of carbonyl (C=O) groups excluding carboxylic acids is 3. The van der Waals surface area contributed by atoms with Gasteiger partial charge in [0.2, 0.25) is 5.91 Å². The van der Waals surface area contributed by atoms with Crippen LogP contribution in [-0.4, -0.2) is 61.9 Å². The maximum Gasteiger partial charge on any atom is 0.252 e. The fourth-order valence-corrected chi connectivity index (χ4v) is 4.02. The minimum atomic E-state index is -1.19. The number of nitrogens with one attached hydrogen (secondary N) is 2. The molecule has 31 heavy (non-hydrogen) atoms. The molecule has 0 saturated carbocycles. The summed E-state index contributed by atoms with van der Waals surface area (Å²) in [5.41, 5.74) is 1.66. The summed E-state index contributed by atoms with van der Waals surface area (Å²) in [5.74, 6) is -1.42. The highest BCUT2D eigenvalue weighted by atomic mass is 32.2. The maximum atomic E-state index is 12.4. The monoisotopic (exact) mass is 441 g/mol. The van der Waals surface area contributed by atoms with E-state index < -0.39 is 23.6 Å². The second-order valence-electron chi connectivity index (χ2n) is 7.29. The van der Waals surface area contributed by atoms with Crippen LogP contribution in [0.2, 0.25) is 0 Å². The van der Waals surface area contributed by atoms with E-state index in [2.05, 4.69) is 39.8 Å². The molecule has 1 aliphatic heterocycles. The molecule has 1 heterocycles. The Bertz CT molecular complexity index is 909. The van der Waals surface area contributed by atoms with E-state index in [4.69, 9.17) is 4.74 Å². The highest BCUT2D eigenvalue weighted by molar-refractivity contribution is 7.99. The summed E-state index contributed by atoms with van der Waals surface area (Å²) in [7, 11) is 1.42. The number of carbonyl (C=O) groups is 3. The fraction of sp³-hybridized carbons (Fsp3) is 0.348. The van der Waals surface area contributed by atoms with Crippen molar-refractivity contribution in [2.75, 3.05) is 33.4 Å². The van der Waals surface area contributed by atoms with Gasteiger partial charge in [-0.2, -0.15) is 0 Å². The topological polar surface area (TPSA) is 87.7 Å². The Morgan fingerprint density at radius 1 is 1.00 bits per heavy atom. The standard InChI is InChI=1S/C23H27N3O4S/c1-16(27)21(23(29)24-2)25-22(28)18-5-9-20(10-6-18)31-19-7-3-17(4-8-19)15-26-11-13-30-14-12-26/h3-10,21H,11-15H2,1-2H3,(H,24,29)(H,25,28)/t21-/m0/s1. The molecular formula is C23H27N3O4S. The lowest BCUT2D eigenvalue weighted by Gasteiger charge is -2.26. The molecular weight excluding hydrogens is 414 g/mol. The van der Waals surface area contributed by atoms with Crippen molar-refractivity contribution in [3.8, 4) is 0 Å². The van der Waals surface area contributed by atoms with E-state index in [1.54, 1.807) is 23.9 Å². The van der Waals surface area contributed by atoms with Crippen molar-refractivity contribution in [3.05, 3.63) is 59.7 Å². The van der Waals surface area contributed by atoms with Gasteiger partial charge in [-0.15, -0.1) is 0 Å². The normalized spacial score (nSPS) is 15.2. The van der Waals surface area contributed by atoms with Crippen LogP contribution in [0.4, 0.5) is 0 Å². The molecule has 1 saturated heterocycles. The van der Waals surface area contributed by atoms with Crippen LogP contribution >= 0.6 is 11.8 Å². The van der Waals surface area contributed by atoms with Crippen LogP contribution in [0.1, 0.15) is 22.8 Å². The van der Waals surface area contributed by atoms with Gasteiger partial charge in [-0.1, -0.05) is 23.9 Å². The molecule has 0 aromatic heterocycles. The third-order valence-corrected chi connectivity index (χ3v) is 5.99. The van der Waals surface area contributed by atoms with Crippen LogP contribution < -0.4 is 10.6 Å². The number of Topliss-reactive ketones (excluding diaryl/α,β-unsaturated/α-hetero) is 1. The van der Waals surface area contributed by atoms with Crippen molar-refractivity contribution in [3.63, 3.8) is 0 Å². The predicted octanol–water partition coefficient (Wildman–Crippen LogP) is 2.10. The number of ether oxygens (including phenoxy) is 1. The quantitative estimate of drug-likeness (QED) is 0.610. The Labute approximate surface area is 186 Å². The Hall–Kier alpha value is -2.68. The first-order valence-electron chi connectivity index (χ1n) is 10.2. The average Bonchev–Trinajstić information content (AvgIpc) is 2.79. The molecule has 1 aliphatic rings. The van der Waals surface area contributed by atoms with Gasteiger partial charge in [0, 0.05) is 42.0 Å². The van der Waals surface area contributed by atoms with Gasteiger partial charge in [0.25, 0.3) is 5.91 Å². The van der Waals surface area contributed by atoms with Gasteiger partial charge in [-0.25, -0.2) is 0 Å². The molecule has 164 valence electrons. The van der Waals surface area contributed by atoms with E-state index in [9.17, 15) is 14.4 Å². The Morgan fingerprint density at radius 2 is 1.58 bits per heavy atom. The summed E-state index contributed by atoms with van der Waals surface area (Å²) in [6.07, 6.45) is 0. The summed E-state index contributed by atoms with van der Waals surface area (Å²) < 4.78 is 5.39.